The second-order valence-electron chi connectivity index (χ2n) is 7.52. The summed E-state index contributed by atoms with van der Waals surface area (Å²) < 4.78 is 18.5. The molecule has 32 heavy (non-hydrogen) atoms. The van der Waals surface area contributed by atoms with Gasteiger partial charge < -0.3 is 15.2 Å². The summed E-state index contributed by atoms with van der Waals surface area (Å²) in [6, 6.07) is 17.3. The van der Waals surface area contributed by atoms with E-state index in [4.69, 9.17) is 4.74 Å². The lowest BCUT2D eigenvalue weighted by atomic mass is 10.0. The molecule has 2 aliphatic rings. The van der Waals surface area contributed by atoms with Gasteiger partial charge in [0, 0.05) is 6.92 Å². The number of rotatable bonds is 6. The van der Waals surface area contributed by atoms with Gasteiger partial charge in [0.05, 0.1) is 23.2 Å². The first-order valence-electron chi connectivity index (χ1n) is 10.0. The Morgan fingerprint density at radius 3 is 2.19 bits per heavy atom. The monoisotopic (exact) mass is 454 g/mol. The summed E-state index contributed by atoms with van der Waals surface area (Å²) in [7, 11) is -1.58. The van der Waals surface area contributed by atoms with E-state index >= 15 is 0 Å². The zero-order valence-electron chi connectivity index (χ0n) is 17.3. The SMILES string of the molecule is CC(=O)NC1C(=O)N2C(C(=O)OC(c3ccccc3)c3ccccc3)=C(CO)CS(=O)[C@@H]12. The summed E-state index contributed by atoms with van der Waals surface area (Å²) in [4.78, 5) is 38.6. The number of hydrogen-bond acceptors (Lipinski definition) is 6. The molecule has 0 aliphatic carbocycles. The lowest BCUT2D eigenvalue weighted by Gasteiger charge is -2.49. The second kappa shape index (κ2) is 9.05. The van der Waals surface area contributed by atoms with Crippen LogP contribution in [0, 0.1) is 0 Å². The van der Waals surface area contributed by atoms with E-state index in [-0.39, 0.29) is 17.0 Å². The number of carbonyl (C=O) groups excluding carboxylic acids is 3. The van der Waals surface area contributed by atoms with E-state index in [1.54, 1.807) is 0 Å². The smallest absolute Gasteiger partial charge is 0.356 e. The summed E-state index contributed by atoms with van der Waals surface area (Å²) in [6.45, 7) is 0.717. The molecule has 1 fully saturated rings. The Morgan fingerprint density at radius 2 is 1.69 bits per heavy atom. The molecule has 1 saturated heterocycles. The van der Waals surface area contributed by atoms with Crippen molar-refractivity contribution in [1.29, 1.82) is 0 Å². The van der Waals surface area contributed by atoms with Gasteiger partial charge in [0.15, 0.2) is 6.10 Å². The molecule has 0 spiro atoms. The van der Waals surface area contributed by atoms with E-state index in [1.807, 2.05) is 60.7 Å². The molecule has 0 radical (unpaired) electrons. The lowest BCUT2D eigenvalue weighted by Crippen LogP contribution is -2.73. The molecule has 0 aromatic heterocycles. The largest absolute Gasteiger partial charge is 0.448 e. The minimum Gasteiger partial charge on any atom is -0.448 e. The van der Waals surface area contributed by atoms with Gasteiger partial charge >= 0.3 is 5.97 Å². The van der Waals surface area contributed by atoms with Crippen molar-refractivity contribution < 1.29 is 28.4 Å². The van der Waals surface area contributed by atoms with Crippen molar-refractivity contribution in [3.8, 4) is 0 Å². The van der Waals surface area contributed by atoms with Crippen molar-refractivity contribution in [3.05, 3.63) is 83.1 Å². The predicted octanol–water partition coefficient (Wildman–Crippen LogP) is 1.00. The van der Waals surface area contributed by atoms with Crippen LogP contribution in [-0.2, 0) is 29.9 Å². The number of aliphatic hydroxyl groups is 1. The van der Waals surface area contributed by atoms with Gasteiger partial charge in [-0.25, -0.2) is 4.79 Å². The van der Waals surface area contributed by atoms with Gasteiger partial charge in [0.2, 0.25) is 5.91 Å². The van der Waals surface area contributed by atoms with Crippen molar-refractivity contribution >= 4 is 28.6 Å². The summed E-state index contributed by atoms with van der Waals surface area (Å²) in [5, 5.41) is 11.4. The van der Waals surface area contributed by atoms with E-state index in [9.17, 15) is 23.7 Å². The molecule has 2 aromatic carbocycles. The normalized spacial score (nSPS) is 22.3. The molecular weight excluding hydrogens is 432 g/mol. The molecule has 3 atom stereocenters. The highest BCUT2D eigenvalue weighted by atomic mass is 32.2. The van der Waals surface area contributed by atoms with E-state index in [0.717, 1.165) is 16.0 Å². The van der Waals surface area contributed by atoms with Crippen LogP contribution in [0.5, 0.6) is 0 Å². The van der Waals surface area contributed by atoms with Gasteiger partial charge in [-0.2, -0.15) is 0 Å². The van der Waals surface area contributed by atoms with E-state index in [2.05, 4.69) is 5.32 Å². The van der Waals surface area contributed by atoms with Gasteiger partial charge in [0.1, 0.15) is 17.1 Å². The number of ether oxygens (including phenoxy) is 1. The van der Waals surface area contributed by atoms with Gasteiger partial charge in [-0.3, -0.25) is 18.7 Å². The summed E-state index contributed by atoms with van der Waals surface area (Å²) in [6.07, 6.45) is -0.745. The number of β-lactam (4-membered cyclic amide) rings is 1. The number of fused-ring (bicyclic) bond motifs is 1. The molecule has 4 rings (SSSR count). The number of aliphatic hydroxyl groups excluding tert-OH is 1. The third-order valence-electron chi connectivity index (χ3n) is 5.38. The summed E-state index contributed by atoms with van der Waals surface area (Å²) in [5.41, 5.74) is 1.53. The first kappa shape index (κ1) is 21.9. The fourth-order valence-corrected chi connectivity index (χ4v) is 5.60. The molecule has 2 amide bonds. The van der Waals surface area contributed by atoms with Crippen molar-refractivity contribution in [3.63, 3.8) is 0 Å². The molecule has 2 heterocycles. The summed E-state index contributed by atoms with van der Waals surface area (Å²) in [5.74, 6) is -1.89. The number of nitrogens with zero attached hydrogens (tertiary/aromatic N) is 1. The lowest BCUT2D eigenvalue weighted by molar-refractivity contribution is -0.154. The van der Waals surface area contributed by atoms with E-state index in [0.29, 0.717) is 0 Å². The molecule has 0 bridgehead atoms. The zero-order chi connectivity index (χ0) is 22.8. The van der Waals surface area contributed by atoms with Crippen LogP contribution in [0.3, 0.4) is 0 Å². The van der Waals surface area contributed by atoms with Gasteiger partial charge in [0.25, 0.3) is 5.91 Å². The van der Waals surface area contributed by atoms with Crippen LogP contribution in [-0.4, -0.2) is 55.8 Å². The van der Waals surface area contributed by atoms with Crippen molar-refractivity contribution in [1.82, 2.24) is 10.2 Å². The number of hydrogen-bond donors (Lipinski definition) is 2. The molecule has 2 aromatic rings. The van der Waals surface area contributed by atoms with Gasteiger partial charge in [-0.15, -0.1) is 0 Å². The Balaban J connectivity index is 1.68. The highest BCUT2D eigenvalue weighted by molar-refractivity contribution is 7.86. The van der Waals surface area contributed by atoms with Crippen LogP contribution in [0.25, 0.3) is 0 Å². The molecular formula is C23H22N2O6S. The fraction of sp³-hybridized carbons (Fsp3) is 0.261. The van der Waals surface area contributed by atoms with Crippen LogP contribution in [0.1, 0.15) is 24.2 Å². The van der Waals surface area contributed by atoms with Gasteiger partial charge in [-0.05, 0) is 16.7 Å². The van der Waals surface area contributed by atoms with E-state index in [1.165, 1.54) is 6.92 Å². The first-order valence-corrected chi connectivity index (χ1v) is 11.4. The Morgan fingerprint density at radius 1 is 1.12 bits per heavy atom. The maximum Gasteiger partial charge on any atom is 0.356 e. The summed E-state index contributed by atoms with van der Waals surface area (Å²) >= 11 is 0. The maximum absolute atomic E-state index is 13.3. The van der Waals surface area contributed by atoms with Crippen LogP contribution < -0.4 is 5.32 Å². The Kier molecular flexibility index (Phi) is 6.20. The highest BCUT2D eigenvalue weighted by Gasteiger charge is 2.57. The Hall–Kier alpha value is -3.30. The van der Waals surface area contributed by atoms with Crippen LogP contribution >= 0.6 is 0 Å². The molecule has 0 saturated carbocycles. The van der Waals surface area contributed by atoms with Crippen molar-refractivity contribution in [2.75, 3.05) is 12.4 Å². The number of nitrogens with one attached hydrogen (secondary N) is 1. The Labute approximate surface area is 187 Å². The van der Waals surface area contributed by atoms with Gasteiger partial charge in [-0.1, -0.05) is 60.7 Å². The van der Waals surface area contributed by atoms with E-state index < -0.39 is 52.7 Å². The standard InChI is InChI=1S/C23H22N2O6S/c1-14(27)24-18-21(28)25-19(17(12-26)13-32(30)22(18)25)23(29)31-20(15-8-4-2-5-9-15)16-10-6-3-7-11-16/h2-11,18,20,22,26H,12-13H2,1H3,(H,24,27)/t18?,22-,32?/m0/s1. The third-order valence-corrected chi connectivity index (χ3v) is 7.03. The molecule has 9 heteroatoms. The molecule has 8 nitrogen and oxygen atoms in total. The van der Waals surface area contributed by atoms with Crippen LogP contribution in [0.4, 0.5) is 0 Å². The number of esters is 1. The van der Waals surface area contributed by atoms with Crippen molar-refractivity contribution in [2.45, 2.75) is 24.4 Å². The second-order valence-corrected chi connectivity index (χ2v) is 9.05. The number of carbonyl (C=O) groups is 3. The number of benzene rings is 2. The average molecular weight is 455 g/mol. The van der Waals surface area contributed by atoms with Crippen LogP contribution in [0.2, 0.25) is 0 Å². The fourth-order valence-electron chi connectivity index (χ4n) is 3.93. The average Bonchev–Trinajstić information content (AvgIpc) is 2.81. The molecule has 2 aliphatic heterocycles. The Bertz CT molecular complexity index is 1060. The number of amides is 2. The van der Waals surface area contributed by atoms with Crippen LogP contribution in [0.15, 0.2) is 71.9 Å². The third kappa shape index (κ3) is 3.96. The maximum atomic E-state index is 13.3. The highest BCUT2D eigenvalue weighted by Crippen LogP contribution is 2.37. The minimum absolute atomic E-state index is 0.0905. The molecule has 166 valence electrons. The molecule has 2 unspecified atom stereocenters. The van der Waals surface area contributed by atoms with Crippen molar-refractivity contribution in [2.24, 2.45) is 0 Å². The predicted molar refractivity (Wildman–Crippen MR) is 116 cm³/mol. The topological polar surface area (TPSA) is 113 Å². The molecule has 2 N–H and O–H groups in total. The quantitative estimate of drug-likeness (QED) is 0.497. The minimum atomic E-state index is -1.58. The zero-order valence-corrected chi connectivity index (χ0v) is 18.1. The first-order chi connectivity index (χ1) is 15.4.